The molecule has 1 aliphatic heterocycles. The van der Waals surface area contributed by atoms with E-state index in [0.29, 0.717) is 6.07 Å². The van der Waals surface area contributed by atoms with Crippen molar-refractivity contribution in [1.29, 1.82) is 0 Å². The molecule has 11 heteroatoms. The van der Waals surface area contributed by atoms with Crippen molar-refractivity contribution in [2.75, 3.05) is 6.26 Å². The zero-order valence-electron chi connectivity index (χ0n) is 16.8. The summed E-state index contributed by atoms with van der Waals surface area (Å²) in [6.45, 7) is 1.26. The lowest BCUT2D eigenvalue weighted by Gasteiger charge is -2.27. The van der Waals surface area contributed by atoms with Gasteiger partial charge in [-0.25, -0.2) is 22.0 Å². The van der Waals surface area contributed by atoms with Gasteiger partial charge in [0, 0.05) is 18.7 Å². The summed E-state index contributed by atoms with van der Waals surface area (Å²) in [6.07, 6.45) is -5.48. The largest absolute Gasteiger partial charge is 0.449 e. The minimum absolute atomic E-state index is 0.0489. The molecule has 0 fully saturated rings. The highest BCUT2D eigenvalue weighted by atomic mass is 32.2. The molecule has 0 aromatic heterocycles. The Labute approximate surface area is 180 Å². The summed E-state index contributed by atoms with van der Waals surface area (Å²) in [5.41, 5.74) is -1.67. The first-order valence-corrected chi connectivity index (χ1v) is 11.1. The van der Waals surface area contributed by atoms with E-state index in [-0.39, 0.29) is 21.8 Å². The van der Waals surface area contributed by atoms with E-state index in [1.807, 2.05) is 0 Å². The van der Waals surface area contributed by atoms with Gasteiger partial charge in [-0.05, 0) is 43.2 Å². The molecular weight excluding hydrogens is 459 g/mol. The molecule has 3 rings (SSSR count). The Hall–Kier alpha value is -2.95. The van der Waals surface area contributed by atoms with Crippen LogP contribution in [-0.2, 0) is 19.4 Å². The van der Waals surface area contributed by atoms with Crippen molar-refractivity contribution < 1.29 is 44.6 Å². The molecule has 2 aromatic carbocycles. The van der Waals surface area contributed by atoms with E-state index in [2.05, 4.69) is 0 Å². The Morgan fingerprint density at radius 3 is 2.19 bits per heavy atom. The number of rotatable bonds is 6. The quantitative estimate of drug-likeness (QED) is 0.442. The number of sulfone groups is 1. The maximum absolute atomic E-state index is 13.6. The fourth-order valence-corrected chi connectivity index (χ4v) is 3.89. The SMILES string of the molecule is C[C@]1(CCC(F)(F)F)OC(=O)C(Oc2ccc(F)c(F)c2)=C1c1ccc(S(C)(=O)=O)cc1. The van der Waals surface area contributed by atoms with Crippen molar-refractivity contribution in [3.8, 4) is 5.75 Å². The summed E-state index contributed by atoms with van der Waals surface area (Å²) in [7, 11) is -3.55. The van der Waals surface area contributed by atoms with Crippen LogP contribution in [-0.4, -0.2) is 32.4 Å². The van der Waals surface area contributed by atoms with Gasteiger partial charge in [0.05, 0.1) is 10.5 Å². The minimum atomic E-state index is -4.54. The lowest BCUT2D eigenvalue weighted by molar-refractivity contribution is -0.157. The molecule has 32 heavy (non-hydrogen) atoms. The number of benzene rings is 2. The fraction of sp³-hybridized carbons (Fsp3) is 0.286. The average molecular weight is 476 g/mol. The van der Waals surface area contributed by atoms with Gasteiger partial charge in [0.2, 0.25) is 5.76 Å². The van der Waals surface area contributed by atoms with Crippen molar-refractivity contribution >= 4 is 21.4 Å². The van der Waals surface area contributed by atoms with Gasteiger partial charge in [0.25, 0.3) is 0 Å². The van der Waals surface area contributed by atoms with Crippen LogP contribution in [0.4, 0.5) is 22.0 Å². The molecule has 0 aliphatic carbocycles. The molecule has 1 aliphatic rings. The van der Waals surface area contributed by atoms with Gasteiger partial charge in [-0.2, -0.15) is 13.2 Å². The Kier molecular flexibility index (Phi) is 6.07. The number of carbonyl (C=O) groups excluding carboxylic acids is 1. The number of carbonyl (C=O) groups is 1. The van der Waals surface area contributed by atoms with E-state index in [9.17, 15) is 35.2 Å². The monoisotopic (exact) mass is 476 g/mol. The van der Waals surface area contributed by atoms with Gasteiger partial charge in [-0.3, -0.25) is 0 Å². The van der Waals surface area contributed by atoms with Crippen molar-refractivity contribution in [3.05, 3.63) is 65.4 Å². The summed E-state index contributed by atoms with van der Waals surface area (Å²) in [6, 6.07) is 7.51. The molecule has 0 bridgehead atoms. The van der Waals surface area contributed by atoms with Crippen molar-refractivity contribution in [3.63, 3.8) is 0 Å². The van der Waals surface area contributed by atoms with Gasteiger partial charge in [-0.1, -0.05) is 12.1 Å². The first kappa shape index (κ1) is 23.7. The molecular formula is C21H17F5O5S. The van der Waals surface area contributed by atoms with Crippen LogP contribution in [0.5, 0.6) is 5.75 Å². The molecule has 0 unspecified atom stereocenters. The lowest BCUT2D eigenvalue weighted by Crippen LogP contribution is -2.29. The maximum Gasteiger partial charge on any atom is 0.389 e. The van der Waals surface area contributed by atoms with E-state index >= 15 is 0 Å². The zero-order valence-corrected chi connectivity index (χ0v) is 17.6. The predicted octanol–water partition coefficient (Wildman–Crippen LogP) is 4.82. The molecule has 0 amide bonds. The van der Waals surface area contributed by atoms with Crippen LogP contribution in [0.1, 0.15) is 25.3 Å². The van der Waals surface area contributed by atoms with E-state index in [1.54, 1.807) is 0 Å². The third-order valence-corrected chi connectivity index (χ3v) is 5.96. The minimum Gasteiger partial charge on any atom is -0.449 e. The molecule has 5 nitrogen and oxygen atoms in total. The van der Waals surface area contributed by atoms with Gasteiger partial charge < -0.3 is 9.47 Å². The van der Waals surface area contributed by atoms with Gasteiger partial charge in [0.1, 0.15) is 11.4 Å². The predicted molar refractivity (Wildman–Crippen MR) is 103 cm³/mol. The molecule has 0 radical (unpaired) electrons. The molecule has 172 valence electrons. The van der Waals surface area contributed by atoms with Crippen LogP contribution in [0.3, 0.4) is 0 Å². The molecule has 0 saturated carbocycles. The molecule has 0 N–H and O–H groups in total. The highest BCUT2D eigenvalue weighted by Gasteiger charge is 2.48. The second kappa shape index (κ2) is 8.19. The molecule has 2 aromatic rings. The normalized spacial score (nSPS) is 19.3. The van der Waals surface area contributed by atoms with E-state index < -0.39 is 57.8 Å². The Morgan fingerprint density at radius 2 is 1.66 bits per heavy atom. The number of esters is 1. The molecule has 0 saturated heterocycles. The van der Waals surface area contributed by atoms with Crippen molar-refractivity contribution in [1.82, 2.24) is 0 Å². The second-order valence-corrected chi connectivity index (χ2v) is 9.43. The van der Waals surface area contributed by atoms with Crippen LogP contribution >= 0.6 is 0 Å². The number of alkyl halides is 3. The first-order chi connectivity index (χ1) is 14.7. The molecule has 1 heterocycles. The third-order valence-electron chi connectivity index (χ3n) is 4.83. The summed E-state index contributed by atoms with van der Waals surface area (Å²) in [4.78, 5) is 12.5. The summed E-state index contributed by atoms with van der Waals surface area (Å²) < 4.78 is 99.5. The third kappa shape index (κ3) is 5.09. The highest BCUT2D eigenvalue weighted by Crippen LogP contribution is 2.45. The number of hydrogen-bond donors (Lipinski definition) is 0. The Balaban J connectivity index is 2.11. The smallest absolute Gasteiger partial charge is 0.389 e. The topological polar surface area (TPSA) is 69.7 Å². The van der Waals surface area contributed by atoms with Crippen LogP contribution in [0.25, 0.3) is 5.57 Å². The maximum atomic E-state index is 13.6. The summed E-state index contributed by atoms with van der Waals surface area (Å²) in [5, 5.41) is 0. The standard InChI is InChI=1S/C21H17F5O5S/c1-20(9-10-21(24,25)26)17(12-3-6-14(7-4-12)32(2,28)29)18(19(27)31-20)30-13-5-8-15(22)16(23)11-13/h3-8,11H,9-10H2,1-2H3/t20-/m1/s1. The molecule has 1 atom stereocenters. The first-order valence-electron chi connectivity index (χ1n) is 9.18. The summed E-state index contributed by atoms with van der Waals surface area (Å²) >= 11 is 0. The van der Waals surface area contributed by atoms with E-state index in [1.165, 1.54) is 31.2 Å². The van der Waals surface area contributed by atoms with Gasteiger partial charge >= 0.3 is 12.1 Å². The zero-order chi connectivity index (χ0) is 23.9. The highest BCUT2D eigenvalue weighted by molar-refractivity contribution is 7.90. The Bertz CT molecular complexity index is 1190. The van der Waals surface area contributed by atoms with Crippen LogP contribution in [0, 0.1) is 11.6 Å². The number of hydrogen-bond acceptors (Lipinski definition) is 5. The fourth-order valence-electron chi connectivity index (χ4n) is 3.26. The van der Waals surface area contributed by atoms with Crippen LogP contribution in [0.2, 0.25) is 0 Å². The van der Waals surface area contributed by atoms with E-state index in [4.69, 9.17) is 9.47 Å². The van der Waals surface area contributed by atoms with Crippen LogP contribution < -0.4 is 4.74 Å². The average Bonchev–Trinajstić information content (AvgIpc) is 2.92. The van der Waals surface area contributed by atoms with Gasteiger partial charge in [0.15, 0.2) is 21.5 Å². The number of ether oxygens (including phenoxy) is 2. The Morgan fingerprint density at radius 1 is 1.03 bits per heavy atom. The second-order valence-electron chi connectivity index (χ2n) is 7.41. The van der Waals surface area contributed by atoms with Gasteiger partial charge in [-0.15, -0.1) is 0 Å². The lowest BCUT2D eigenvalue weighted by atomic mass is 9.86. The summed E-state index contributed by atoms with van der Waals surface area (Å²) in [5.74, 6) is -4.30. The number of halogens is 5. The number of cyclic esters (lactones) is 1. The molecule has 0 spiro atoms. The van der Waals surface area contributed by atoms with Crippen molar-refractivity contribution in [2.45, 2.75) is 36.4 Å². The van der Waals surface area contributed by atoms with E-state index in [0.717, 1.165) is 18.4 Å². The van der Waals surface area contributed by atoms with Crippen LogP contribution in [0.15, 0.2) is 53.1 Å². The van der Waals surface area contributed by atoms with Crippen molar-refractivity contribution in [2.24, 2.45) is 0 Å².